The molecule has 0 bridgehead atoms. The molecule has 0 aliphatic carbocycles. The van der Waals surface area contributed by atoms with Crippen molar-refractivity contribution >= 4 is 16.7 Å². The Hall–Kier alpha value is -3.15. The molecule has 122 valence electrons. The summed E-state index contributed by atoms with van der Waals surface area (Å²) in [5.74, 6) is -0.401. The molecule has 2 aromatic heterocycles. The minimum Gasteiger partial charge on any atom is -0.413 e. The molecule has 0 spiro atoms. The zero-order chi connectivity index (χ0) is 17.1. The lowest BCUT2D eigenvalue weighted by Gasteiger charge is -2.12. The predicted molar refractivity (Wildman–Crippen MR) is 90.9 cm³/mol. The fourth-order valence-electron chi connectivity index (χ4n) is 2.51. The van der Waals surface area contributed by atoms with Crippen LogP contribution >= 0.6 is 0 Å². The Bertz CT molecular complexity index is 949. The van der Waals surface area contributed by atoms with Gasteiger partial charge in [0.05, 0.1) is 17.6 Å². The number of amides is 1. The maximum absolute atomic E-state index is 12.6. The summed E-state index contributed by atoms with van der Waals surface area (Å²) in [6.07, 6.45) is 1.66. The summed E-state index contributed by atoms with van der Waals surface area (Å²) in [6.45, 7) is 2.17. The second kappa shape index (κ2) is 6.54. The molecule has 0 saturated heterocycles. The van der Waals surface area contributed by atoms with Crippen LogP contribution < -0.4 is 15.7 Å². The molecule has 0 atom stereocenters. The molecule has 6 heteroatoms. The third-order valence-electron chi connectivity index (χ3n) is 3.71. The van der Waals surface area contributed by atoms with Crippen LogP contribution in [0.1, 0.15) is 21.7 Å². The van der Waals surface area contributed by atoms with Crippen molar-refractivity contribution in [1.82, 2.24) is 15.0 Å². The molecule has 1 amide bonds. The van der Waals surface area contributed by atoms with E-state index < -0.39 is 5.91 Å². The summed E-state index contributed by atoms with van der Waals surface area (Å²) in [5.41, 5.74) is 1.49. The lowest BCUT2D eigenvalue weighted by atomic mass is 10.1. The van der Waals surface area contributed by atoms with Crippen LogP contribution in [0.4, 0.5) is 0 Å². The normalized spacial score (nSPS) is 10.6. The van der Waals surface area contributed by atoms with E-state index in [0.717, 1.165) is 16.0 Å². The van der Waals surface area contributed by atoms with Crippen LogP contribution in [0.2, 0.25) is 0 Å². The van der Waals surface area contributed by atoms with Gasteiger partial charge in [0.15, 0.2) is 0 Å². The van der Waals surface area contributed by atoms with Crippen LogP contribution in [0.5, 0.6) is 0 Å². The van der Waals surface area contributed by atoms with Crippen molar-refractivity contribution in [2.45, 2.75) is 13.5 Å². The van der Waals surface area contributed by atoms with E-state index in [-0.39, 0.29) is 17.8 Å². The van der Waals surface area contributed by atoms with Crippen LogP contribution in [0.15, 0.2) is 53.5 Å². The van der Waals surface area contributed by atoms with Gasteiger partial charge in [0.2, 0.25) is 0 Å². The Labute approximate surface area is 138 Å². The third kappa shape index (κ3) is 2.99. The van der Waals surface area contributed by atoms with Gasteiger partial charge >= 0.3 is 0 Å². The maximum Gasteiger partial charge on any atom is 0.291 e. The van der Waals surface area contributed by atoms with Gasteiger partial charge < -0.3 is 10.2 Å². The lowest BCUT2D eigenvalue weighted by Crippen LogP contribution is -2.35. The van der Waals surface area contributed by atoms with E-state index >= 15 is 0 Å². The van der Waals surface area contributed by atoms with Crippen molar-refractivity contribution in [1.29, 1.82) is 0 Å². The summed E-state index contributed by atoms with van der Waals surface area (Å²) >= 11 is 0. The predicted octanol–water partition coefficient (Wildman–Crippen LogP) is 1.69. The first-order valence-electron chi connectivity index (χ1n) is 7.49. The molecular weight excluding hydrogens is 306 g/mol. The topological polar surface area (TPSA) is 73.2 Å². The number of pyridine rings is 2. The Morgan fingerprint density at radius 1 is 1.25 bits per heavy atom. The van der Waals surface area contributed by atoms with E-state index in [1.807, 2.05) is 31.2 Å². The molecule has 6 nitrogen and oxygen atoms in total. The van der Waals surface area contributed by atoms with Crippen LogP contribution in [0.25, 0.3) is 10.8 Å². The Morgan fingerprint density at radius 3 is 2.79 bits per heavy atom. The number of aryl methyl sites for hydroxylation is 1. The minimum absolute atomic E-state index is 0.148. The highest BCUT2D eigenvalue weighted by atomic mass is 16.6. The average molecular weight is 323 g/mol. The number of nitrogens with zero attached hydrogens (tertiary/aromatic N) is 2. The van der Waals surface area contributed by atoms with Gasteiger partial charge in [-0.25, -0.2) is 0 Å². The number of aromatic nitrogens is 2. The van der Waals surface area contributed by atoms with Crippen molar-refractivity contribution in [2.75, 3.05) is 7.11 Å². The van der Waals surface area contributed by atoms with Crippen molar-refractivity contribution in [2.24, 2.45) is 0 Å². The van der Waals surface area contributed by atoms with E-state index in [9.17, 15) is 9.59 Å². The summed E-state index contributed by atoms with van der Waals surface area (Å²) in [4.78, 5) is 34.3. The van der Waals surface area contributed by atoms with Gasteiger partial charge in [-0.15, -0.1) is 4.73 Å². The molecule has 1 N–H and O–H groups in total. The molecule has 24 heavy (non-hydrogen) atoms. The summed E-state index contributed by atoms with van der Waals surface area (Å²) in [5, 5.41) is 3.96. The number of rotatable bonds is 4. The van der Waals surface area contributed by atoms with Crippen molar-refractivity contribution < 1.29 is 9.63 Å². The van der Waals surface area contributed by atoms with Crippen LogP contribution in [-0.4, -0.2) is 22.7 Å². The highest BCUT2D eigenvalue weighted by molar-refractivity contribution is 5.96. The fraction of sp³-hybridized carbons (Fsp3) is 0.167. The van der Waals surface area contributed by atoms with Crippen LogP contribution in [-0.2, 0) is 6.54 Å². The molecule has 0 aliphatic rings. The zero-order valence-corrected chi connectivity index (χ0v) is 13.4. The van der Waals surface area contributed by atoms with E-state index in [1.165, 1.54) is 7.11 Å². The number of nitrogens with one attached hydrogen (secondary N) is 1. The molecule has 0 unspecified atom stereocenters. The van der Waals surface area contributed by atoms with Gasteiger partial charge in [-0.2, -0.15) is 0 Å². The first-order valence-corrected chi connectivity index (χ1v) is 7.49. The molecule has 3 aromatic rings. The Morgan fingerprint density at radius 2 is 2.08 bits per heavy atom. The highest BCUT2D eigenvalue weighted by Crippen LogP contribution is 2.14. The van der Waals surface area contributed by atoms with Gasteiger partial charge in [0.1, 0.15) is 12.8 Å². The Kier molecular flexibility index (Phi) is 4.29. The summed E-state index contributed by atoms with van der Waals surface area (Å²) < 4.78 is 1.01. The van der Waals surface area contributed by atoms with Gasteiger partial charge in [-0.1, -0.05) is 23.8 Å². The van der Waals surface area contributed by atoms with E-state index in [1.54, 1.807) is 24.4 Å². The number of fused-ring (bicyclic) bond motifs is 1. The van der Waals surface area contributed by atoms with Gasteiger partial charge in [-0.3, -0.25) is 14.6 Å². The van der Waals surface area contributed by atoms with E-state index in [2.05, 4.69) is 10.3 Å². The molecule has 0 aliphatic heterocycles. The monoisotopic (exact) mass is 323 g/mol. The first-order chi connectivity index (χ1) is 11.6. The van der Waals surface area contributed by atoms with Gasteiger partial charge in [0.25, 0.3) is 11.5 Å². The number of carbonyl (C=O) groups is 1. The quantitative estimate of drug-likeness (QED) is 0.793. The number of carbonyl (C=O) groups excluding carboxylic acids is 1. The smallest absolute Gasteiger partial charge is 0.291 e. The van der Waals surface area contributed by atoms with Gasteiger partial charge in [-0.05, 0) is 36.6 Å². The van der Waals surface area contributed by atoms with Crippen LogP contribution in [0.3, 0.4) is 0 Å². The molecule has 0 fully saturated rings. The molecule has 2 heterocycles. The molecule has 0 saturated carbocycles. The largest absolute Gasteiger partial charge is 0.413 e. The summed E-state index contributed by atoms with van der Waals surface area (Å²) in [7, 11) is 1.36. The molecular formula is C18H17N3O3. The highest BCUT2D eigenvalue weighted by Gasteiger charge is 2.16. The second-order valence-electron chi connectivity index (χ2n) is 5.41. The van der Waals surface area contributed by atoms with E-state index in [4.69, 9.17) is 4.84 Å². The zero-order valence-electron chi connectivity index (χ0n) is 13.4. The number of hydrogen-bond donors (Lipinski definition) is 1. The summed E-state index contributed by atoms with van der Waals surface area (Å²) in [6, 6.07) is 12.6. The SMILES string of the molecule is COn1c(C(=O)NCc2ccccn2)cc2ccc(C)cc2c1=O. The standard InChI is InChI=1S/C18H17N3O3/c1-12-6-7-13-10-16(21(24-2)18(23)15(13)9-12)17(22)20-11-14-5-3-4-8-19-14/h3-10H,11H2,1-2H3,(H,20,22). The Balaban J connectivity index is 1.97. The average Bonchev–Trinajstić information content (AvgIpc) is 2.61. The number of hydrogen-bond acceptors (Lipinski definition) is 4. The van der Waals surface area contributed by atoms with Crippen molar-refractivity contribution in [3.8, 4) is 0 Å². The van der Waals surface area contributed by atoms with Crippen LogP contribution in [0, 0.1) is 6.92 Å². The third-order valence-corrected chi connectivity index (χ3v) is 3.71. The van der Waals surface area contributed by atoms with Gasteiger partial charge in [0, 0.05) is 6.20 Å². The molecule has 0 radical (unpaired) electrons. The second-order valence-corrected chi connectivity index (χ2v) is 5.41. The fourth-order valence-corrected chi connectivity index (χ4v) is 2.51. The maximum atomic E-state index is 12.6. The first kappa shape index (κ1) is 15.7. The minimum atomic E-state index is -0.401. The van der Waals surface area contributed by atoms with E-state index in [0.29, 0.717) is 10.8 Å². The number of benzene rings is 1. The lowest BCUT2D eigenvalue weighted by molar-refractivity contribution is 0.0881. The van der Waals surface area contributed by atoms with Crippen molar-refractivity contribution in [3.63, 3.8) is 0 Å². The molecule has 3 rings (SSSR count). The van der Waals surface area contributed by atoms with Crippen molar-refractivity contribution in [3.05, 3.63) is 76.0 Å². The molecule has 1 aromatic carbocycles.